The fourth-order valence-corrected chi connectivity index (χ4v) is 2.76. The maximum absolute atomic E-state index is 12.0. The van der Waals surface area contributed by atoms with Crippen molar-refractivity contribution >= 4 is 22.1 Å². The summed E-state index contributed by atoms with van der Waals surface area (Å²) in [4.78, 5) is 15.9. The first-order valence-corrected chi connectivity index (χ1v) is 9.15. The molecule has 5 rings (SSSR count). The Bertz CT molecular complexity index is 1170. The zero-order chi connectivity index (χ0) is 20.6. The number of pyridine rings is 1. The summed E-state index contributed by atoms with van der Waals surface area (Å²) in [5.74, 6) is 0.968. The average molecular weight is 391 g/mol. The van der Waals surface area contributed by atoms with Gasteiger partial charge in [-0.25, -0.2) is 4.98 Å². The van der Waals surface area contributed by atoms with Crippen LogP contribution in [0.1, 0.15) is 12.5 Å². The second-order valence-electron chi connectivity index (χ2n) is 6.09. The summed E-state index contributed by atoms with van der Waals surface area (Å²) >= 11 is 0. The number of aliphatic hydroxyl groups excluding tert-OH is 1. The zero-order valence-electron chi connectivity index (χ0n) is 15.9. The van der Waals surface area contributed by atoms with Crippen LogP contribution in [0.4, 0.5) is 0 Å². The number of ether oxygens (including phenoxy) is 1. The Labute approximate surface area is 167 Å². The predicted molar refractivity (Wildman–Crippen MR) is 112 cm³/mol. The molecule has 0 atom stereocenters. The van der Waals surface area contributed by atoms with Gasteiger partial charge >= 0.3 is 0 Å². The van der Waals surface area contributed by atoms with Gasteiger partial charge < -0.3 is 19.4 Å². The molecule has 0 saturated carbocycles. The van der Waals surface area contributed by atoms with Crippen molar-refractivity contribution in [1.82, 2.24) is 4.98 Å². The lowest BCUT2D eigenvalue weighted by atomic mass is 10.1. The van der Waals surface area contributed by atoms with Gasteiger partial charge in [-0.2, -0.15) is 0 Å². The van der Waals surface area contributed by atoms with Crippen LogP contribution < -0.4 is 10.2 Å². The second-order valence-corrected chi connectivity index (χ2v) is 6.09. The largest absolute Gasteiger partial charge is 0.506 e. The third-order valence-electron chi connectivity index (χ3n) is 4.01. The van der Waals surface area contributed by atoms with Gasteiger partial charge in [0.1, 0.15) is 17.1 Å². The molecule has 0 spiro atoms. The summed E-state index contributed by atoms with van der Waals surface area (Å²) in [6.07, 6.45) is 5.98. The van der Waals surface area contributed by atoms with Crippen LogP contribution in [0, 0.1) is 0 Å². The Hall–Kier alpha value is -3.64. The number of fused-ring (bicyclic) bond motifs is 3. The van der Waals surface area contributed by atoms with Crippen molar-refractivity contribution in [3.05, 3.63) is 88.9 Å². The van der Waals surface area contributed by atoms with E-state index in [1.165, 1.54) is 17.8 Å². The van der Waals surface area contributed by atoms with Gasteiger partial charge in [0.25, 0.3) is 0 Å². The Morgan fingerprint density at radius 3 is 2.59 bits per heavy atom. The molecule has 4 aromatic rings. The standard InChI is InChI=1S/C12H7NO3.C9H8O.C2H6O/c14-7-5-10-11(13-6-7)12(15)8-3-1-2-4-9(8)16-10;1-2-6-9-8(4-1)5-3-7-10-9;1-2-3/h1-6,14H;1-4,6-7H,5H2;3H,2H2,1H3. The van der Waals surface area contributed by atoms with Crippen molar-refractivity contribution in [2.45, 2.75) is 13.3 Å². The summed E-state index contributed by atoms with van der Waals surface area (Å²) in [7, 11) is 0. The van der Waals surface area contributed by atoms with E-state index in [-0.39, 0.29) is 23.3 Å². The van der Waals surface area contributed by atoms with Crippen LogP contribution in [0.2, 0.25) is 0 Å². The second kappa shape index (κ2) is 9.52. The molecular weight excluding hydrogens is 370 g/mol. The van der Waals surface area contributed by atoms with Crippen LogP contribution in [-0.4, -0.2) is 21.8 Å². The highest BCUT2D eigenvalue weighted by molar-refractivity contribution is 5.87. The number of rotatable bonds is 0. The average Bonchev–Trinajstić information content (AvgIpc) is 2.75. The van der Waals surface area contributed by atoms with Crippen LogP contribution in [0.15, 0.2) is 82.3 Å². The van der Waals surface area contributed by atoms with Gasteiger partial charge in [-0.3, -0.25) is 4.79 Å². The van der Waals surface area contributed by atoms with Gasteiger partial charge in [-0.05, 0) is 43.2 Å². The van der Waals surface area contributed by atoms with E-state index in [1.54, 1.807) is 37.5 Å². The minimum atomic E-state index is -0.183. The van der Waals surface area contributed by atoms with Crippen LogP contribution in [0.5, 0.6) is 11.5 Å². The maximum atomic E-state index is 12.0. The molecule has 0 aliphatic carbocycles. The van der Waals surface area contributed by atoms with E-state index in [0.717, 1.165) is 12.2 Å². The topological polar surface area (TPSA) is 92.8 Å². The number of nitrogens with zero attached hydrogens (tertiary/aromatic N) is 1. The number of hydrogen-bond acceptors (Lipinski definition) is 6. The van der Waals surface area contributed by atoms with Crippen LogP contribution >= 0.6 is 0 Å². The molecule has 6 nitrogen and oxygen atoms in total. The fraction of sp³-hybridized carbons (Fsp3) is 0.130. The molecule has 2 N–H and O–H groups in total. The van der Waals surface area contributed by atoms with E-state index in [2.05, 4.69) is 11.1 Å². The van der Waals surface area contributed by atoms with E-state index in [1.807, 2.05) is 24.3 Å². The highest BCUT2D eigenvalue weighted by Gasteiger charge is 2.08. The van der Waals surface area contributed by atoms with E-state index in [4.69, 9.17) is 14.3 Å². The number of allylic oxidation sites excluding steroid dienone is 1. The number of aliphatic hydroxyl groups is 1. The van der Waals surface area contributed by atoms with Crippen LogP contribution in [0.3, 0.4) is 0 Å². The summed E-state index contributed by atoms with van der Waals surface area (Å²) in [6.45, 7) is 1.93. The first-order chi connectivity index (χ1) is 14.1. The summed E-state index contributed by atoms with van der Waals surface area (Å²) in [6, 6.07) is 16.4. The van der Waals surface area contributed by atoms with E-state index >= 15 is 0 Å². The Morgan fingerprint density at radius 2 is 1.79 bits per heavy atom. The molecule has 3 heterocycles. The number of para-hydroxylation sites is 2. The molecule has 29 heavy (non-hydrogen) atoms. The third kappa shape index (κ3) is 4.80. The highest BCUT2D eigenvalue weighted by Crippen LogP contribution is 2.22. The molecule has 0 bridgehead atoms. The molecule has 1 aliphatic heterocycles. The molecule has 2 aromatic heterocycles. The molecule has 2 aromatic carbocycles. The van der Waals surface area contributed by atoms with Crippen LogP contribution in [0.25, 0.3) is 22.1 Å². The van der Waals surface area contributed by atoms with Crippen molar-refractivity contribution in [3.8, 4) is 11.5 Å². The minimum Gasteiger partial charge on any atom is -0.506 e. The summed E-state index contributed by atoms with van der Waals surface area (Å²) in [5.41, 5.74) is 2.11. The van der Waals surface area contributed by atoms with E-state index in [9.17, 15) is 9.90 Å². The third-order valence-corrected chi connectivity index (χ3v) is 4.01. The number of benzene rings is 2. The molecule has 0 radical (unpaired) electrons. The molecule has 6 heteroatoms. The molecule has 1 aliphatic rings. The van der Waals surface area contributed by atoms with Gasteiger partial charge in [-0.1, -0.05) is 30.3 Å². The molecule has 0 fully saturated rings. The van der Waals surface area contributed by atoms with Gasteiger partial charge in [0.05, 0.1) is 17.8 Å². The number of aromatic nitrogens is 1. The Kier molecular flexibility index (Phi) is 6.60. The lowest BCUT2D eigenvalue weighted by Crippen LogP contribution is -2.03. The van der Waals surface area contributed by atoms with Crippen molar-refractivity contribution in [2.75, 3.05) is 6.61 Å². The lowest BCUT2D eigenvalue weighted by Gasteiger charge is -2.09. The normalized spacial score (nSPS) is 11.5. The predicted octanol–water partition coefficient (Wildman–Crippen LogP) is 4.18. The zero-order valence-corrected chi connectivity index (χ0v) is 15.9. The highest BCUT2D eigenvalue weighted by atomic mass is 16.5. The van der Waals surface area contributed by atoms with Crippen molar-refractivity contribution < 1.29 is 19.4 Å². The molecule has 148 valence electrons. The molecule has 0 saturated heterocycles. The maximum Gasteiger partial charge on any atom is 0.218 e. The molecule has 0 unspecified atom stereocenters. The summed E-state index contributed by atoms with van der Waals surface area (Å²) < 4.78 is 10.7. The van der Waals surface area contributed by atoms with Crippen molar-refractivity contribution in [1.29, 1.82) is 0 Å². The molecule has 0 amide bonds. The van der Waals surface area contributed by atoms with Gasteiger partial charge in [0.2, 0.25) is 5.43 Å². The SMILES string of the molecule is C1=COc2ccccc2C1.CCO.O=c1c2ccccc2oc2cc(O)cnc12. The van der Waals surface area contributed by atoms with Gasteiger partial charge in [-0.15, -0.1) is 0 Å². The molecular formula is C23H21NO5. The van der Waals surface area contributed by atoms with Gasteiger partial charge in [0.15, 0.2) is 11.1 Å². The number of hydrogen-bond donors (Lipinski definition) is 2. The Balaban J connectivity index is 0.000000158. The number of aromatic hydroxyl groups is 1. The fourth-order valence-electron chi connectivity index (χ4n) is 2.76. The lowest BCUT2D eigenvalue weighted by molar-refractivity contribution is 0.318. The smallest absolute Gasteiger partial charge is 0.218 e. The summed E-state index contributed by atoms with van der Waals surface area (Å²) in [5, 5.41) is 17.3. The first-order valence-electron chi connectivity index (χ1n) is 9.15. The minimum absolute atomic E-state index is 0.0223. The first kappa shape index (κ1) is 20.1. The van der Waals surface area contributed by atoms with E-state index < -0.39 is 0 Å². The van der Waals surface area contributed by atoms with Crippen molar-refractivity contribution in [2.24, 2.45) is 0 Å². The monoisotopic (exact) mass is 391 g/mol. The van der Waals surface area contributed by atoms with Crippen molar-refractivity contribution in [3.63, 3.8) is 0 Å². The van der Waals surface area contributed by atoms with E-state index in [0.29, 0.717) is 16.6 Å². The Morgan fingerprint density at radius 1 is 1.07 bits per heavy atom. The van der Waals surface area contributed by atoms with Crippen LogP contribution in [-0.2, 0) is 6.42 Å². The quantitative estimate of drug-likeness (QED) is 0.437. The van der Waals surface area contributed by atoms with Gasteiger partial charge in [0, 0.05) is 12.7 Å².